The van der Waals surface area contributed by atoms with E-state index in [1.807, 2.05) is 0 Å². The van der Waals surface area contributed by atoms with Gasteiger partial charge in [-0.05, 0) is 30.4 Å². The highest BCUT2D eigenvalue weighted by Gasteiger charge is 2.26. The molecule has 2 aromatic rings. The van der Waals surface area contributed by atoms with Crippen molar-refractivity contribution in [1.82, 2.24) is 10.1 Å². The van der Waals surface area contributed by atoms with Gasteiger partial charge in [0.05, 0.1) is 12.5 Å². The van der Waals surface area contributed by atoms with Crippen LogP contribution in [0.2, 0.25) is 0 Å². The van der Waals surface area contributed by atoms with E-state index in [0.29, 0.717) is 18.2 Å². The Kier molecular flexibility index (Phi) is 3.83. The number of fused-ring (bicyclic) bond motifs is 1. The maximum atomic E-state index is 9.79. The predicted molar refractivity (Wildman–Crippen MR) is 75.5 cm³/mol. The molecule has 4 heteroatoms. The average molecular weight is 272 g/mol. The number of aliphatic hydroxyl groups excluding tert-OH is 1. The maximum absolute atomic E-state index is 9.79. The van der Waals surface area contributed by atoms with Crippen molar-refractivity contribution in [2.45, 2.75) is 51.0 Å². The summed E-state index contributed by atoms with van der Waals surface area (Å²) in [4.78, 5) is 4.46. The molecular formula is C16H20N2O2. The molecule has 1 aliphatic rings. The standard InChI is InChI=1S/C16H20N2O2/c1-2-5-14(19)10-15-17-16(18-20-15)13-8-11-6-3-4-7-12(11)9-13/h3-4,6-7,13-14,19H,2,5,8-10H2,1H3. The van der Waals surface area contributed by atoms with E-state index in [9.17, 15) is 5.11 Å². The van der Waals surface area contributed by atoms with Crippen molar-refractivity contribution in [3.8, 4) is 0 Å². The zero-order chi connectivity index (χ0) is 13.9. The summed E-state index contributed by atoms with van der Waals surface area (Å²) in [7, 11) is 0. The van der Waals surface area contributed by atoms with Gasteiger partial charge in [0, 0.05) is 5.92 Å². The second kappa shape index (κ2) is 5.75. The number of hydrogen-bond donors (Lipinski definition) is 1. The van der Waals surface area contributed by atoms with Crippen LogP contribution < -0.4 is 0 Å². The first-order chi connectivity index (χ1) is 9.76. The molecule has 1 aliphatic carbocycles. The van der Waals surface area contributed by atoms with Crippen molar-refractivity contribution in [2.24, 2.45) is 0 Å². The molecule has 1 unspecified atom stereocenters. The van der Waals surface area contributed by atoms with E-state index in [2.05, 4.69) is 41.3 Å². The van der Waals surface area contributed by atoms with Gasteiger partial charge in [-0.1, -0.05) is 42.8 Å². The first-order valence-electron chi connectivity index (χ1n) is 7.33. The predicted octanol–water partition coefficient (Wildman–Crippen LogP) is 2.66. The van der Waals surface area contributed by atoms with Gasteiger partial charge >= 0.3 is 0 Å². The van der Waals surface area contributed by atoms with Gasteiger partial charge in [0.15, 0.2) is 5.82 Å². The fourth-order valence-electron chi connectivity index (χ4n) is 2.90. The van der Waals surface area contributed by atoms with Crippen molar-refractivity contribution in [3.05, 3.63) is 47.1 Å². The van der Waals surface area contributed by atoms with Crippen LogP contribution in [0.4, 0.5) is 0 Å². The molecule has 0 spiro atoms. The molecule has 0 aliphatic heterocycles. The molecule has 106 valence electrons. The van der Waals surface area contributed by atoms with Gasteiger partial charge in [0.2, 0.25) is 5.89 Å². The van der Waals surface area contributed by atoms with E-state index in [1.54, 1.807) is 0 Å². The average Bonchev–Trinajstić information content (AvgIpc) is 3.04. The number of benzene rings is 1. The molecule has 3 rings (SSSR count). The van der Waals surface area contributed by atoms with E-state index < -0.39 is 0 Å². The van der Waals surface area contributed by atoms with Crippen molar-refractivity contribution in [3.63, 3.8) is 0 Å². The zero-order valence-corrected chi connectivity index (χ0v) is 11.7. The van der Waals surface area contributed by atoms with Crippen LogP contribution in [-0.4, -0.2) is 21.4 Å². The van der Waals surface area contributed by atoms with E-state index in [4.69, 9.17) is 4.52 Å². The van der Waals surface area contributed by atoms with Crippen LogP contribution in [-0.2, 0) is 19.3 Å². The summed E-state index contributed by atoms with van der Waals surface area (Å²) >= 11 is 0. The van der Waals surface area contributed by atoms with E-state index in [-0.39, 0.29) is 6.10 Å². The Bertz CT molecular complexity index is 554. The normalized spacial score (nSPS) is 16.3. The molecule has 20 heavy (non-hydrogen) atoms. The second-order valence-corrected chi connectivity index (χ2v) is 5.57. The summed E-state index contributed by atoms with van der Waals surface area (Å²) in [5, 5.41) is 13.9. The Morgan fingerprint density at radius 1 is 1.30 bits per heavy atom. The first-order valence-corrected chi connectivity index (χ1v) is 7.33. The van der Waals surface area contributed by atoms with Crippen molar-refractivity contribution in [2.75, 3.05) is 0 Å². The molecule has 0 saturated heterocycles. The Morgan fingerprint density at radius 3 is 2.65 bits per heavy atom. The summed E-state index contributed by atoms with van der Waals surface area (Å²) in [6.07, 6.45) is 3.76. The lowest BCUT2D eigenvalue weighted by molar-refractivity contribution is 0.151. The molecule has 0 fully saturated rings. The van der Waals surface area contributed by atoms with Gasteiger partial charge in [-0.3, -0.25) is 0 Å². The summed E-state index contributed by atoms with van der Waals surface area (Å²) in [5.74, 6) is 1.64. The largest absolute Gasteiger partial charge is 0.393 e. The SMILES string of the molecule is CCCC(O)Cc1nc(C2Cc3ccccc3C2)no1. The third-order valence-electron chi connectivity index (χ3n) is 3.93. The van der Waals surface area contributed by atoms with Crippen LogP contribution in [0.15, 0.2) is 28.8 Å². The lowest BCUT2D eigenvalue weighted by Gasteiger charge is -2.04. The number of hydrogen-bond acceptors (Lipinski definition) is 4. The van der Waals surface area contributed by atoms with Gasteiger partial charge in [-0.2, -0.15) is 4.98 Å². The van der Waals surface area contributed by atoms with Gasteiger partial charge < -0.3 is 9.63 Å². The maximum Gasteiger partial charge on any atom is 0.229 e. The lowest BCUT2D eigenvalue weighted by Crippen LogP contribution is -2.10. The van der Waals surface area contributed by atoms with E-state index >= 15 is 0 Å². The van der Waals surface area contributed by atoms with Crippen LogP contribution >= 0.6 is 0 Å². The highest BCUT2D eigenvalue weighted by molar-refractivity contribution is 5.34. The third-order valence-corrected chi connectivity index (χ3v) is 3.93. The van der Waals surface area contributed by atoms with Crippen LogP contribution in [0.3, 0.4) is 0 Å². The minimum Gasteiger partial charge on any atom is -0.393 e. The monoisotopic (exact) mass is 272 g/mol. The van der Waals surface area contributed by atoms with Gasteiger partial charge in [-0.25, -0.2) is 0 Å². The Labute approximate surface area is 118 Å². The summed E-state index contributed by atoms with van der Waals surface area (Å²) < 4.78 is 5.27. The van der Waals surface area contributed by atoms with Crippen LogP contribution in [0.1, 0.15) is 48.5 Å². The van der Waals surface area contributed by atoms with Gasteiger partial charge in [0.25, 0.3) is 0 Å². The van der Waals surface area contributed by atoms with Crippen LogP contribution in [0, 0.1) is 0 Å². The molecule has 0 radical (unpaired) electrons. The number of nitrogens with zero attached hydrogens (tertiary/aromatic N) is 2. The molecule has 0 amide bonds. The summed E-state index contributed by atoms with van der Waals surface area (Å²) in [6.45, 7) is 2.05. The van der Waals surface area contributed by atoms with Crippen molar-refractivity contribution >= 4 is 0 Å². The number of rotatable bonds is 5. The van der Waals surface area contributed by atoms with Gasteiger partial charge in [0.1, 0.15) is 0 Å². The quantitative estimate of drug-likeness (QED) is 0.909. The van der Waals surface area contributed by atoms with Crippen LogP contribution in [0.5, 0.6) is 0 Å². The van der Waals surface area contributed by atoms with Crippen molar-refractivity contribution in [1.29, 1.82) is 0 Å². The lowest BCUT2D eigenvalue weighted by atomic mass is 10.1. The molecule has 1 aromatic heterocycles. The van der Waals surface area contributed by atoms with E-state index in [0.717, 1.165) is 31.5 Å². The molecule has 0 saturated carbocycles. The molecule has 4 nitrogen and oxygen atoms in total. The fraction of sp³-hybridized carbons (Fsp3) is 0.500. The molecular weight excluding hydrogens is 252 g/mol. The Balaban J connectivity index is 1.67. The molecule has 1 N–H and O–H groups in total. The summed E-state index contributed by atoms with van der Waals surface area (Å²) in [5.41, 5.74) is 2.77. The molecule has 1 heterocycles. The Morgan fingerprint density at radius 2 is 2.00 bits per heavy atom. The zero-order valence-electron chi connectivity index (χ0n) is 11.7. The van der Waals surface area contributed by atoms with E-state index in [1.165, 1.54) is 11.1 Å². The smallest absolute Gasteiger partial charge is 0.229 e. The number of aliphatic hydroxyl groups is 1. The highest BCUT2D eigenvalue weighted by atomic mass is 16.5. The van der Waals surface area contributed by atoms with Gasteiger partial charge in [-0.15, -0.1) is 0 Å². The topological polar surface area (TPSA) is 59.2 Å². The fourth-order valence-corrected chi connectivity index (χ4v) is 2.90. The molecule has 1 atom stereocenters. The molecule has 1 aromatic carbocycles. The number of aromatic nitrogens is 2. The third kappa shape index (κ3) is 2.75. The molecule has 0 bridgehead atoms. The minimum atomic E-state index is -0.380. The Hall–Kier alpha value is -1.68. The first kappa shape index (κ1) is 13.3. The minimum absolute atomic E-state index is 0.313. The van der Waals surface area contributed by atoms with Crippen molar-refractivity contribution < 1.29 is 9.63 Å². The van der Waals surface area contributed by atoms with Crippen LogP contribution in [0.25, 0.3) is 0 Å². The second-order valence-electron chi connectivity index (χ2n) is 5.57. The highest BCUT2D eigenvalue weighted by Crippen LogP contribution is 2.32. The summed E-state index contributed by atoms with van der Waals surface area (Å²) in [6, 6.07) is 8.48.